The van der Waals surface area contributed by atoms with Gasteiger partial charge in [-0.1, -0.05) is 23.7 Å². The van der Waals surface area contributed by atoms with E-state index in [-0.39, 0.29) is 10.8 Å². The number of hydrogen-bond donors (Lipinski definition) is 0. The number of esters is 1. The van der Waals surface area contributed by atoms with Gasteiger partial charge in [-0.15, -0.1) is 0 Å². The Kier molecular flexibility index (Phi) is 3.71. The normalized spacial score (nSPS) is 11.4. The van der Waals surface area contributed by atoms with Crippen LogP contribution in [0.3, 0.4) is 0 Å². The maximum Gasteiger partial charge on any atom is 0.452 e. The largest absolute Gasteiger partial charge is 0.452 e. The van der Waals surface area contributed by atoms with Gasteiger partial charge >= 0.3 is 12.1 Å². The number of hydrogen-bond acceptors (Lipinski definition) is 4. The van der Waals surface area contributed by atoms with Crippen molar-refractivity contribution < 1.29 is 27.1 Å². The van der Waals surface area contributed by atoms with Gasteiger partial charge in [-0.25, -0.2) is 9.78 Å². The lowest BCUT2D eigenvalue weighted by atomic mass is 10.2. The Hall–Kier alpha value is -2.02. The van der Waals surface area contributed by atoms with Crippen LogP contribution in [0.1, 0.15) is 21.8 Å². The monoisotopic (exact) mass is 305 g/mol. The molecule has 8 heteroatoms. The SMILES string of the molecule is Cc1cccc(OC(=O)c2ncoc2C(F)(F)F)c1Cl. The number of carbonyl (C=O) groups is 1. The molecule has 20 heavy (non-hydrogen) atoms. The van der Waals surface area contributed by atoms with Crippen molar-refractivity contribution in [3.63, 3.8) is 0 Å². The second kappa shape index (κ2) is 5.16. The van der Waals surface area contributed by atoms with Gasteiger partial charge in [0, 0.05) is 0 Å². The lowest BCUT2D eigenvalue weighted by molar-refractivity contribution is -0.153. The van der Waals surface area contributed by atoms with Gasteiger partial charge in [0.05, 0.1) is 5.02 Å². The first-order valence-electron chi connectivity index (χ1n) is 5.28. The van der Waals surface area contributed by atoms with Gasteiger partial charge in [-0.2, -0.15) is 13.2 Å². The Morgan fingerprint density at radius 3 is 2.75 bits per heavy atom. The molecule has 0 saturated heterocycles. The molecule has 0 aliphatic rings. The molecule has 1 aromatic carbocycles. The summed E-state index contributed by atoms with van der Waals surface area (Å²) < 4.78 is 46.7. The number of carbonyl (C=O) groups excluding carboxylic acids is 1. The number of aromatic nitrogens is 1. The minimum absolute atomic E-state index is 0.0483. The number of ether oxygens (including phenoxy) is 1. The van der Waals surface area contributed by atoms with Crippen LogP contribution in [0.5, 0.6) is 5.75 Å². The fourth-order valence-corrected chi connectivity index (χ4v) is 1.60. The summed E-state index contributed by atoms with van der Waals surface area (Å²) in [5.74, 6) is -2.85. The highest BCUT2D eigenvalue weighted by atomic mass is 35.5. The molecule has 0 spiro atoms. The molecule has 1 heterocycles. The van der Waals surface area contributed by atoms with E-state index in [1.54, 1.807) is 19.1 Å². The van der Waals surface area contributed by atoms with Gasteiger partial charge < -0.3 is 9.15 Å². The highest BCUT2D eigenvalue weighted by molar-refractivity contribution is 6.32. The number of aryl methyl sites for hydroxylation is 1. The molecule has 1 aromatic heterocycles. The molecule has 0 aliphatic heterocycles. The molecule has 0 radical (unpaired) electrons. The van der Waals surface area contributed by atoms with Crippen LogP contribution in [-0.4, -0.2) is 11.0 Å². The number of halogens is 4. The number of nitrogens with zero attached hydrogens (tertiary/aromatic N) is 1. The zero-order chi connectivity index (χ0) is 14.9. The first-order chi connectivity index (χ1) is 9.30. The standard InChI is InChI=1S/C12H7ClF3NO3/c1-6-3-2-4-7(8(6)13)20-11(18)9-10(12(14,15)16)19-5-17-9/h2-5H,1H3. The second-order valence-corrected chi connectivity index (χ2v) is 4.18. The second-order valence-electron chi connectivity index (χ2n) is 3.80. The van der Waals surface area contributed by atoms with Crippen LogP contribution < -0.4 is 4.74 Å². The maximum atomic E-state index is 12.6. The molecule has 0 saturated carbocycles. The van der Waals surface area contributed by atoms with Crippen molar-refractivity contribution >= 4 is 17.6 Å². The molecule has 2 rings (SSSR count). The molecule has 0 amide bonds. The Morgan fingerprint density at radius 1 is 1.40 bits per heavy atom. The van der Waals surface area contributed by atoms with E-state index < -0.39 is 23.6 Å². The Bertz CT molecular complexity index is 652. The summed E-state index contributed by atoms with van der Waals surface area (Å²) in [6.45, 7) is 1.66. The quantitative estimate of drug-likeness (QED) is 0.624. The number of oxazole rings is 1. The predicted molar refractivity (Wildman–Crippen MR) is 62.7 cm³/mol. The van der Waals surface area contributed by atoms with Gasteiger partial charge in [-0.05, 0) is 18.6 Å². The maximum absolute atomic E-state index is 12.6. The van der Waals surface area contributed by atoms with Crippen LogP contribution in [0.4, 0.5) is 13.2 Å². The van der Waals surface area contributed by atoms with Crippen LogP contribution in [0.15, 0.2) is 29.0 Å². The van der Waals surface area contributed by atoms with Crippen molar-refractivity contribution in [3.05, 3.63) is 46.6 Å². The fraction of sp³-hybridized carbons (Fsp3) is 0.167. The Balaban J connectivity index is 2.30. The average molecular weight is 306 g/mol. The van der Waals surface area contributed by atoms with Crippen LogP contribution in [0.2, 0.25) is 5.02 Å². The predicted octanol–water partition coefficient (Wildman–Crippen LogP) is 3.87. The first-order valence-corrected chi connectivity index (χ1v) is 5.66. The number of rotatable bonds is 2. The third kappa shape index (κ3) is 2.77. The van der Waals surface area contributed by atoms with E-state index in [4.69, 9.17) is 16.3 Å². The summed E-state index contributed by atoms with van der Waals surface area (Å²) in [6.07, 6.45) is -4.31. The van der Waals surface area contributed by atoms with E-state index in [2.05, 4.69) is 9.40 Å². The number of alkyl halides is 3. The fourth-order valence-electron chi connectivity index (χ4n) is 1.44. The van der Waals surface area contributed by atoms with Gasteiger partial charge in [0.15, 0.2) is 12.1 Å². The van der Waals surface area contributed by atoms with E-state index >= 15 is 0 Å². The summed E-state index contributed by atoms with van der Waals surface area (Å²) in [5.41, 5.74) is -0.330. The first kappa shape index (κ1) is 14.4. The van der Waals surface area contributed by atoms with Crippen LogP contribution in [-0.2, 0) is 6.18 Å². The number of benzene rings is 1. The zero-order valence-electron chi connectivity index (χ0n) is 9.99. The molecule has 0 N–H and O–H groups in total. The van der Waals surface area contributed by atoms with Crippen molar-refractivity contribution in [1.29, 1.82) is 0 Å². The van der Waals surface area contributed by atoms with Crippen LogP contribution >= 0.6 is 11.6 Å². The van der Waals surface area contributed by atoms with E-state index in [0.717, 1.165) is 0 Å². The topological polar surface area (TPSA) is 52.3 Å². The molecule has 0 bridgehead atoms. The van der Waals surface area contributed by atoms with Crippen molar-refractivity contribution in [2.45, 2.75) is 13.1 Å². The highest BCUT2D eigenvalue weighted by Gasteiger charge is 2.41. The smallest absolute Gasteiger partial charge is 0.438 e. The summed E-state index contributed by atoms with van der Waals surface area (Å²) in [4.78, 5) is 14.9. The van der Waals surface area contributed by atoms with Crippen molar-refractivity contribution in [2.75, 3.05) is 0 Å². The average Bonchev–Trinajstić information content (AvgIpc) is 2.84. The molecule has 0 aliphatic carbocycles. The van der Waals surface area contributed by atoms with Gasteiger partial charge in [0.2, 0.25) is 5.76 Å². The molecular weight excluding hydrogens is 299 g/mol. The molecule has 0 unspecified atom stereocenters. The van der Waals surface area contributed by atoms with Gasteiger partial charge in [0.1, 0.15) is 5.75 Å². The van der Waals surface area contributed by atoms with E-state index in [9.17, 15) is 18.0 Å². The summed E-state index contributed by atoms with van der Waals surface area (Å²) >= 11 is 5.89. The van der Waals surface area contributed by atoms with Crippen LogP contribution in [0.25, 0.3) is 0 Å². The molecule has 2 aromatic rings. The van der Waals surface area contributed by atoms with Crippen molar-refractivity contribution in [2.24, 2.45) is 0 Å². The zero-order valence-corrected chi connectivity index (χ0v) is 10.7. The van der Waals surface area contributed by atoms with E-state index in [0.29, 0.717) is 12.0 Å². The summed E-state index contributed by atoms with van der Waals surface area (Å²) in [5, 5.41) is 0.137. The van der Waals surface area contributed by atoms with Crippen molar-refractivity contribution in [3.8, 4) is 5.75 Å². The summed E-state index contributed by atoms with van der Waals surface area (Å²) in [6, 6.07) is 4.58. The Morgan fingerprint density at radius 2 is 2.10 bits per heavy atom. The van der Waals surface area contributed by atoms with E-state index in [1.807, 2.05) is 0 Å². The summed E-state index contributed by atoms with van der Waals surface area (Å²) in [7, 11) is 0. The van der Waals surface area contributed by atoms with E-state index in [1.165, 1.54) is 6.07 Å². The molecule has 106 valence electrons. The Labute approximate surface area is 116 Å². The van der Waals surface area contributed by atoms with Crippen LogP contribution in [0, 0.1) is 6.92 Å². The molecule has 0 atom stereocenters. The third-order valence-corrected chi connectivity index (χ3v) is 2.86. The lowest BCUT2D eigenvalue weighted by Gasteiger charge is -2.08. The molecule has 0 fully saturated rings. The minimum atomic E-state index is -4.83. The van der Waals surface area contributed by atoms with Crippen molar-refractivity contribution in [1.82, 2.24) is 4.98 Å². The molecular formula is C12H7ClF3NO3. The highest BCUT2D eigenvalue weighted by Crippen LogP contribution is 2.33. The third-order valence-electron chi connectivity index (χ3n) is 2.38. The van der Waals surface area contributed by atoms with Gasteiger partial charge in [-0.3, -0.25) is 0 Å². The minimum Gasteiger partial charge on any atom is -0.438 e. The lowest BCUT2D eigenvalue weighted by Crippen LogP contribution is -2.16. The molecule has 4 nitrogen and oxygen atoms in total. The van der Waals surface area contributed by atoms with Gasteiger partial charge in [0.25, 0.3) is 0 Å².